The van der Waals surface area contributed by atoms with Crippen molar-refractivity contribution in [2.24, 2.45) is 5.73 Å². The number of halogens is 1. The van der Waals surface area contributed by atoms with Crippen molar-refractivity contribution in [1.29, 1.82) is 0 Å². The summed E-state index contributed by atoms with van der Waals surface area (Å²) in [6.07, 6.45) is -1.38. The Morgan fingerprint density at radius 1 is 1.38 bits per heavy atom. The van der Waals surface area contributed by atoms with Crippen LogP contribution >= 0.6 is 15.9 Å². The molecule has 0 aliphatic carbocycles. The van der Waals surface area contributed by atoms with Crippen molar-refractivity contribution >= 4 is 21.8 Å². The third kappa shape index (κ3) is 2.45. The molecule has 0 aromatic heterocycles. The molecule has 1 rings (SSSR count). The topological polar surface area (TPSA) is 81.8 Å². The summed E-state index contributed by atoms with van der Waals surface area (Å²) in [6.45, 7) is 0. The van der Waals surface area contributed by atoms with Crippen LogP contribution in [0.2, 0.25) is 0 Å². The Balaban J connectivity index is 3.26. The van der Waals surface area contributed by atoms with Gasteiger partial charge in [-0.05, 0) is 12.1 Å². The molecule has 16 heavy (non-hydrogen) atoms. The highest BCUT2D eigenvalue weighted by Crippen LogP contribution is 2.35. The molecule has 1 aromatic carbocycles. The van der Waals surface area contributed by atoms with E-state index in [1.54, 1.807) is 6.07 Å². The van der Waals surface area contributed by atoms with E-state index in [-0.39, 0.29) is 0 Å². The molecule has 1 amide bonds. The Bertz CT molecular complexity index is 408. The monoisotopic (exact) mass is 289 g/mol. The van der Waals surface area contributed by atoms with Gasteiger partial charge < -0.3 is 20.3 Å². The largest absolute Gasteiger partial charge is 0.493 e. The van der Waals surface area contributed by atoms with E-state index in [2.05, 4.69) is 15.9 Å². The Morgan fingerprint density at radius 2 is 1.88 bits per heavy atom. The molecular weight excluding hydrogens is 278 g/mol. The number of ether oxygens (including phenoxy) is 2. The van der Waals surface area contributed by atoms with Crippen LogP contribution < -0.4 is 15.2 Å². The van der Waals surface area contributed by atoms with E-state index in [1.807, 2.05) is 0 Å². The number of aliphatic hydroxyl groups is 1. The predicted molar refractivity (Wildman–Crippen MR) is 61.4 cm³/mol. The number of hydrogen-bond donors (Lipinski definition) is 2. The summed E-state index contributed by atoms with van der Waals surface area (Å²) >= 11 is 3.22. The van der Waals surface area contributed by atoms with Crippen LogP contribution in [-0.4, -0.2) is 25.2 Å². The van der Waals surface area contributed by atoms with Gasteiger partial charge in [0.25, 0.3) is 5.91 Å². The fourth-order valence-electron chi connectivity index (χ4n) is 1.23. The van der Waals surface area contributed by atoms with Crippen molar-refractivity contribution in [3.05, 3.63) is 22.2 Å². The Morgan fingerprint density at radius 3 is 2.31 bits per heavy atom. The zero-order chi connectivity index (χ0) is 12.3. The summed E-state index contributed by atoms with van der Waals surface area (Å²) in [5.74, 6) is 0.0868. The normalized spacial score (nSPS) is 12.0. The van der Waals surface area contributed by atoms with Crippen LogP contribution in [0.25, 0.3) is 0 Å². The van der Waals surface area contributed by atoms with Gasteiger partial charge in [0.2, 0.25) is 0 Å². The number of aliphatic hydroxyl groups excluding tert-OH is 1. The molecule has 0 aliphatic rings. The van der Waals surface area contributed by atoms with Gasteiger partial charge in [-0.2, -0.15) is 0 Å². The zero-order valence-corrected chi connectivity index (χ0v) is 10.4. The lowest BCUT2D eigenvalue weighted by Crippen LogP contribution is -2.21. The standard InChI is InChI=1S/C10H12BrNO4/c1-15-7-3-5(9(13)10(12)14)6(11)4-8(7)16-2/h3-4,9,13H,1-2H3,(H2,12,14). The van der Waals surface area contributed by atoms with Crippen LogP contribution in [-0.2, 0) is 4.79 Å². The van der Waals surface area contributed by atoms with E-state index >= 15 is 0 Å². The van der Waals surface area contributed by atoms with Crippen molar-refractivity contribution in [1.82, 2.24) is 0 Å². The van der Waals surface area contributed by atoms with Crippen molar-refractivity contribution in [3.63, 3.8) is 0 Å². The van der Waals surface area contributed by atoms with E-state index < -0.39 is 12.0 Å². The number of nitrogens with two attached hydrogens (primary N) is 1. The molecule has 0 heterocycles. The molecule has 0 aliphatic heterocycles. The third-order valence-corrected chi connectivity index (χ3v) is 2.75. The molecule has 5 nitrogen and oxygen atoms in total. The van der Waals surface area contributed by atoms with Gasteiger partial charge in [0.15, 0.2) is 17.6 Å². The summed E-state index contributed by atoms with van der Waals surface area (Å²) in [5.41, 5.74) is 5.36. The van der Waals surface area contributed by atoms with Crippen molar-refractivity contribution in [3.8, 4) is 11.5 Å². The molecule has 6 heteroatoms. The summed E-state index contributed by atoms with van der Waals surface area (Å²) in [4.78, 5) is 10.9. The molecule has 0 fully saturated rings. The molecule has 1 aromatic rings. The van der Waals surface area contributed by atoms with Gasteiger partial charge in [-0.15, -0.1) is 0 Å². The van der Waals surface area contributed by atoms with Gasteiger partial charge >= 0.3 is 0 Å². The number of rotatable bonds is 4. The lowest BCUT2D eigenvalue weighted by atomic mass is 10.1. The maximum Gasteiger partial charge on any atom is 0.250 e. The van der Waals surface area contributed by atoms with Gasteiger partial charge in [-0.25, -0.2) is 0 Å². The second-order valence-corrected chi connectivity index (χ2v) is 3.89. The van der Waals surface area contributed by atoms with Gasteiger partial charge in [0.1, 0.15) is 0 Å². The van der Waals surface area contributed by atoms with Crippen molar-refractivity contribution in [2.45, 2.75) is 6.10 Å². The maximum atomic E-state index is 10.9. The molecule has 0 spiro atoms. The van der Waals surface area contributed by atoms with Crippen LogP contribution in [0.15, 0.2) is 16.6 Å². The van der Waals surface area contributed by atoms with E-state index in [9.17, 15) is 9.90 Å². The van der Waals surface area contributed by atoms with Crippen LogP contribution in [0, 0.1) is 0 Å². The number of amides is 1. The minimum absolute atomic E-state index is 0.338. The highest BCUT2D eigenvalue weighted by atomic mass is 79.9. The van der Waals surface area contributed by atoms with E-state index in [0.29, 0.717) is 21.5 Å². The van der Waals surface area contributed by atoms with Crippen LogP contribution in [0.4, 0.5) is 0 Å². The van der Waals surface area contributed by atoms with Crippen molar-refractivity contribution in [2.75, 3.05) is 14.2 Å². The average Bonchev–Trinajstić information content (AvgIpc) is 2.27. The number of primary amides is 1. The molecular formula is C10H12BrNO4. The van der Waals surface area contributed by atoms with Crippen LogP contribution in [0.3, 0.4) is 0 Å². The molecule has 0 bridgehead atoms. The summed E-state index contributed by atoms with van der Waals surface area (Å²) in [5, 5.41) is 9.56. The first-order valence-corrected chi connectivity index (χ1v) is 5.19. The Kier molecular flexibility index (Phi) is 4.14. The molecule has 1 atom stereocenters. The number of hydrogen-bond acceptors (Lipinski definition) is 4. The third-order valence-electron chi connectivity index (χ3n) is 2.07. The lowest BCUT2D eigenvalue weighted by Gasteiger charge is -2.14. The minimum Gasteiger partial charge on any atom is -0.493 e. The average molecular weight is 290 g/mol. The molecule has 88 valence electrons. The minimum atomic E-state index is -1.38. The highest BCUT2D eigenvalue weighted by Gasteiger charge is 2.19. The second kappa shape index (κ2) is 5.18. The Hall–Kier alpha value is -1.27. The second-order valence-electron chi connectivity index (χ2n) is 3.03. The number of carbonyl (C=O) groups is 1. The number of carbonyl (C=O) groups excluding carboxylic acids is 1. The fourth-order valence-corrected chi connectivity index (χ4v) is 1.77. The quantitative estimate of drug-likeness (QED) is 0.866. The maximum absolute atomic E-state index is 10.9. The first kappa shape index (κ1) is 12.8. The molecule has 0 saturated carbocycles. The molecule has 3 N–H and O–H groups in total. The number of methoxy groups -OCH3 is 2. The van der Waals surface area contributed by atoms with E-state index in [1.165, 1.54) is 20.3 Å². The highest BCUT2D eigenvalue weighted by molar-refractivity contribution is 9.10. The van der Waals surface area contributed by atoms with Gasteiger partial charge in [-0.1, -0.05) is 15.9 Å². The fraction of sp³-hybridized carbons (Fsp3) is 0.300. The molecule has 1 unspecified atom stereocenters. The first-order valence-electron chi connectivity index (χ1n) is 4.40. The Labute approximate surface area is 101 Å². The molecule has 0 saturated heterocycles. The van der Waals surface area contributed by atoms with Crippen molar-refractivity contribution < 1.29 is 19.4 Å². The first-order chi connectivity index (χ1) is 7.51. The van der Waals surface area contributed by atoms with Gasteiger partial charge in [0, 0.05) is 10.0 Å². The zero-order valence-electron chi connectivity index (χ0n) is 8.86. The van der Waals surface area contributed by atoms with E-state index in [0.717, 1.165) is 0 Å². The van der Waals surface area contributed by atoms with Gasteiger partial charge in [-0.3, -0.25) is 4.79 Å². The summed E-state index contributed by atoms with van der Waals surface area (Å²) < 4.78 is 10.6. The van der Waals surface area contributed by atoms with Crippen LogP contribution in [0.5, 0.6) is 11.5 Å². The summed E-state index contributed by atoms with van der Waals surface area (Å²) in [6, 6.07) is 3.10. The SMILES string of the molecule is COc1cc(Br)c(C(O)C(N)=O)cc1OC. The smallest absolute Gasteiger partial charge is 0.250 e. The summed E-state index contributed by atoms with van der Waals surface area (Å²) in [7, 11) is 2.96. The number of benzene rings is 1. The lowest BCUT2D eigenvalue weighted by molar-refractivity contribution is -0.126. The van der Waals surface area contributed by atoms with Gasteiger partial charge in [0.05, 0.1) is 14.2 Å². The molecule has 0 radical (unpaired) electrons. The van der Waals surface area contributed by atoms with Crippen LogP contribution in [0.1, 0.15) is 11.7 Å². The predicted octanol–water partition coefficient (Wildman–Crippen LogP) is 0.985. The van der Waals surface area contributed by atoms with E-state index in [4.69, 9.17) is 15.2 Å².